The Bertz CT molecular complexity index is 861. The summed E-state index contributed by atoms with van der Waals surface area (Å²) in [4.78, 5) is 3.90. The number of hydrogen-bond acceptors (Lipinski definition) is 2. The van der Waals surface area contributed by atoms with Crippen LogP contribution in [0, 0.1) is 11.3 Å². The number of rotatable bonds is 7. The molecule has 1 saturated carbocycles. The Balaban J connectivity index is 1.42. The molecule has 0 radical (unpaired) electrons. The lowest BCUT2D eigenvalue weighted by Crippen LogP contribution is -2.43. The second kappa shape index (κ2) is 10.5. The molecule has 2 unspecified atom stereocenters. The van der Waals surface area contributed by atoms with Crippen LogP contribution < -0.4 is 0 Å². The molecule has 1 aliphatic heterocycles. The summed E-state index contributed by atoms with van der Waals surface area (Å²) in [6.07, 6.45) is 9.53. The summed E-state index contributed by atoms with van der Waals surface area (Å²) in [5.74, 6) is 1.63. The predicted molar refractivity (Wildman–Crippen MR) is 141 cm³/mol. The zero-order valence-corrected chi connectivity index (χ0v) is 21.2. The number of thioether (sulfide) groups is 1. The second-order valence-electron chi connectivity index (χ2n) is 10.5. The number of nitrogens with zero attached hydrogens (tertiary/aromatic N) is 1. The minimum Gasteiger partial charge on any atom is -0.371 e. The van der Waals surface area contributed by atoms with Crippen LogP contribution in [0.2, 0.25) is 0 Å². The van der Waals surface area contributed by atoms with Gasteiger partial charge in [0.05, 0.1) is 0 Å². The Morgan fingerprint density at radius 1 is 1.03 bits per heavy atom. The predicted octanol–water partition coefficient (Wildman–Crippen LogP) is 8.62. The number of likely N-dealkylation sites (tertiary alicyclic amines) is 1. The highest BCUT2D eigenvalue weighted by atomic mass is 32.2. The highest BCUT2D eigenvalue weighted by Crippen LogP contribution is 2.53. The van der Waals surface area contributed by atoms with Crippen LogP contribution in [0.5, 0.6) is 0 Å². The molecule has 2 fully saturated rings. The summed E-state index contributed by atoms with van der Waals surface area (Å²) in [5.41, 5.74) is 4.58. The first-order valence-corrected chi connectivity index (χ1v) is 13.6. The molecule has 172 valence electrons. The first kappa shape index (κ1) is 23.5. The van der Waals surface area contributed by atoms with Crippen LogP contribution in [0.4, 0.5) is 0 Å². The average Bonchev–Trinajstić information content (AvgIpc) is 2.80. The van der Waals surface area contributed by atoms with Gasteiger partial charge >= 0.3 is 0 Å². The Morgan fingerprint density at radius 2 is 1.72 bits per heavy atom. The van der Waals surface area contributed by atoms with Gasteiger partial charge < -0.3 is 4.90 Å². The Hall–Kier alpha value is -1.67. The zero-order valence-electron chi connectivity index (χ0n) is 20.4. The summed E-state index contributed by atoms with van der Waals surface area (Å²) in [7, 11) is 0. The molecule has 1 nitrogen and oxygen atoms in total. The molecule has 0 bridgehead atoms. The fourth-order valence-corrected chi connectivity index (χ4v) is 7.07. The molecule has 1 spiro atoms. The van der Waals surface area contributed by atoms with E-state index in [1.54, 1.807) is 5.56 Å². The first-order chi connectivity index (χ1) is 15.5. The fourth-order valence-electron chi connectivity index (χ4n) is 6.23. The maximum Gasteiger partial charge on any atom is 0.0366 e. The SMILES string of the molecule is C=C(c1ccc(SC(C)C)cc1)N1CCC2(CC1)CC(CCC)CC(c1ccccc1)C2. The molecule has 1 saturated heterocycles. The number of benzene rings is 2. The molecule has 1 heterocycles. The molecule has 1 aliphatic carbocycles. The molecule has 0 aromatic heterocycles. The van der Waals surface area contributed by atoms with Crippen molar-refractivity contribution < 1.29 is 0 Å². The Labute approximate surface area is 200 Å². The van der Waals surface area contributed by atoms with Crippen molar-refractivity contribution in [2.45, 2.75) is 81.8 Å². The number of hydrogen-bond donors (Lipinski definition) is 0. The molecule has 0 amide bonds. The van der Waals surface area contributed by atoms with E-state index in [2.05, 4.69) is 86.8 Å². The van der Waals surface area contributed by atoms with Crippen molar-refractivity contribution in [2.75, 3.05) is 13.1 Å². The quantitative estimate of drug-likeness (QED) is 0.391. The van der Waals surface area contributed by atoms with Crippen molar-refractivity contribution >= 4 is 17.5 Å². The van der Waals surface area contributed by atoms with Gasteiger partial charge in [-0.15, -0.1) is 11.8 Å². The van der Waals surface area contributed by atoms with Crippen molar-refractivity contribution in [3.8, 4) is 0 Å². The molecule has 32 heavy (non-hydrogen) atoms. The van der Waals surface area contributed by atoms with Crippen molar-refractivity contribution in [3.05, 3.63) is 72.3 Å². The Morgan fingerprint density at radius 3 is 2.34 bits per heavy atom. The summed E-state index contributed by atoms with van der Waals surface area (Å²) in [5, 5.41) is 0.620. The van der Waals surface area contributed by atoms with E-state index in [1.807, 2.05) is 11.8 Å². The van der Waals surface area contributed by atoms with Crippen LogP contribution in [0.15, 0.2) is 66.1 Å². The van der Waals surface area contributed by atoms with Crippen molar-refractivity contribution in [3.63, 3.8) is 0 Å². The van der Waals surface area contributed by atoms with E-state index in [1.165, 1.54) is 61.1 Å². The standard InChI is InChI=1S/C30H41NS/c1-5-9-25-20-28(27-10-7-6-8-11-27)22-30(21-25)16-18-31(19-17-30)24(4)26-12-14-29(15-13-26)32-23(2)3/h6-8,10-15,23,25,28H,4-5,9,16-22H2,1-3H3. The highest BCUT2D eigenvalue weighted by molar-refractivity contribution is 7.99. The minimum absolute atomic E-state index is 0.521. The Kier molecular flexibility index (Phi) is 7.71. The largest absolute Gasteiger partial charge is 0.371 e. The lowest BCUT2D eigenvalue weighted by atomic mass is 9.59. The number of piperidine rings is 1. The van der Waals surface area contributed by atoms with Gasteiger partial charge in [-0.05, 0) is 72.6 Å². The van der Waals surface area contributed by atoms with Gasteiger partial charge in [0.25, 0.3) is 0 Å². The molecule has 0 N–H and O–H groups in total. The van der Waals surface area contributed by atoms with Gasteiger partial charge in [-0.1, -0.05) is 82.7 Å². The van der Waals surface area contributed by atoms with Gasteiger partial charge in [-0.3, -0.25) is 0 Å². The molecule has 4 rings (SSSR count). The lowest BCUT2D eigenvalue weighted by Gasteiger charge is -2.50. The van der Waals surface area contributed by atoms with E-state index < -0.39 is 0 Å². The molecule has 2 aliphatic rings. The van der Waals surface area contributed by atoms with E-state index >= 15 is 0 Å². The third-order valence-corrected chi connectivity index (χ3v) is 8.77. The maximum atomic E-state index is 4.50. The van der Waals surface area contributed by atoms with Crippen LogP contribution in [0.3, 0.4) is 0 Å². The first-order valence-electron chi connectivity index (χ1n) is 12.7. The molecular weight excluding hydrogens is 406 g/mol. The van der Waals surface area contributed by atoms with E-state index in [-0.39, 0.29) is 0 Å². The van der Waals surface area contributed by atoms with Gasteiger partial charge in [0.15, 0.2) is 0 Å². The molecule has 2 aromatic carbocycles. The van der Waals surface area contributed by atoms with Crippen LogP contribution in [-0.4, -0.2) is 23.2 Å². The average molecular weight is 448 g/mol. The molecule has 2 heteroatoms. The van der Waals surface area contributed by atoms with Crippen molar-refractivity contribution in [2.24, 2.45) is 11.3 Å². The fraction of sp³-hybridized carbons (Fsp3) is 0.533. The molecule has 2 aromatic rings. The normalized spacial score (nSPS) is 22.9. The zero-order chi connectivity index (χ0) is 22.6. The van der Waals surface area contributed by atoms with Crippen molar-refractivity contribution in [1.82, 2.24) is 4.90 Å². The van der Waals surface area contributed by atoms with Gasteiger partial charge in [0.2, 0.25) is 0 Å². The van der Waals surface area contributed by atoms with Crippen molar-refractivity contribution in [1.29, 1.82) is 0 Å². The smallest absolute Gasteiger partial charge is 0.0366 e. The van der Waals surface area contributed by atoms with E-state index in [0.717, 1.165) is 24.9 Å². The summed E-state index contributed by atoms with van der Waals surface area (Å²) >= 11 is 1.93. The highest BCUT2D eigenvalue weighted by Gasteiger charge is 2.42. The van der Waals surface area contributed by atoms with Gasteiger partial charge in [0, 0.05) is 28.9 Å². The molecule has 2 atom stereocenters. The van der Waals surface area contributed by atoms with E-state index in [4.69, 9.17) is 0 Å². The van der Waals surface area contributed by atoms with E-state index in [0.29, 0.717) is 10.7 Å². The van der Waals surface area contributed by atoms with E-state index in [9.17, 15) is 0 Å². The summed E-state index contributed by atoms with van der Waals surface area (Å²) in [6, 6.07) is 20.4. The second-order valence-corrected chi connectivity index (χ2v) is 12.2. The minimum atomic E-state index is 0.521. The summed E-state index contributed by atoms with van der Waals surface area (Å²) in [6.45, 7) is 13.7. The summed E-state index contributed by atoms with van der Waals surface area (Å²) < 4.78 is 0. The van der Waals surface area contributed by atoms with Gasteiger partial charge in [-0.25, -0.2) is 0 Å². The van der Waals surface area contributed by atoms with Crippen LogP contribution >= 0.6 is 11.8 Å². The monoisotopic (exact) mass is 447 g/mol. The molecular formula is C30H41NS. The third kappa shape index (κ3) is 5.63. The topological polar surface area (TPSA) is 3.24 Å². The van der Waals surface area contributed by atoms with Crippen LogP contribution in [0.25, 0.3) is 5.70 Å². The van der Waals surface area contributed by atoms with Crippen LogP contribution in [-0.2, 0) is 0 Å². The van der Waals surface area contributed by atoms with Crippen LogP contribution in [0.1, 0.15) is 82.8 Å². The lowest BCUT2D eigenvalue weighted by molar-refractivity contribution is 0.0510. The maximum absolute atomic E-state index is 4.50. The van der Waals surface area contributed by atoms with Gasteiger partial charge in [-0.2, -0.15) is 0 Å². The van der Waals surface area contributed by atoms with Gasteiger partial charge in [0.1, 0.15) is 0 Å². The third-order valence-electron chi connectivity index (χ3n) is 7.75.